The van der Waals surface area contributed by atoms with E-state index >= 15 is 0 Å². The molecule has 0 amide bonds. The summed E-state index contributed by atoms with van der Waals surface area (Å²) in [6, 6.07) is 26.6. The zero-order valence-corrected chi connectivity index (χ0v) is 20.2. The molecule has 0 aliphatic heterocycles. The van der Waals surface area contributed by atoms with Crippen LogP contribution in [0.25, 0.3) is 60.9 Å². The smallest absolute Gasteiger partial charge is 0.0536 e. The highest BCUT2D eigenvalue weighted by molar-refractivity contribution is 7.35. The van der Waals surface area contributed by atoms with E-state index in [1.165, 1.54) is 58.5 Å². The second-order valence-electron chi connectivity index (χ2n) is 7.38. The third kappa shape index (κ3) is 3.04. The molecule has 5 heterocycles. The Labute approximate surface area is 199 Å². The summed E-state index contributed by atoms with van der Waals surface area (Å²) in [7, 11) is 0. The highest BCUT2D eigenvalue weighted by atomic mass is 32.1. The first-order valence-electron chi connectivity index (χ1n) is 9.92. The van der Waals surface area contributed by atoms with Crippen LogP contribution in [0.4, 0.5) is 0 Å². The van der Waals surface area contributed by atoms with Crippen LogP contribution in [0.5, 0.6) is 0 Å². The Bertz CT molecular complexity index is 1740. The Hall–Kier alpha value is -2.28. The minimum absolute atomic E-state index is 1.30. The molecule has 0 saturated carbocycles. The number of fused-ring (bicyclic) bond motifs is 6. The Morgan fingerprint density at radius 1 is 0.452 bits per heavy atom. The van der Waals surface area contributed by atoms with Gasteiger partial charge >= 0.3 is 0 Å². The minimum Gasteiger partial charge on any atom is -0.135 e. The number of thiophene rings is 5. The van der Waals surface area contributed by atoms with E-state index in [-0.39, 0.29) is 0 Å². The Morgan fingerprint density at radius 2 is 1.10 bits per heavy atom. The molecule has 0 unspecified atom stereocenters. The van der Waals surface area contributed by atoms with E-state index in [9.17, 15) is 0 Å². The lowest BCUT2D eigenvalue weighted by atomic mass is 10.2. The molecule has 0 aliphatic carbocycles. The minimum atomic E-state index is 1.30. The molecule has 0 bridgehead atoms. The predicted molar refractivity (Wildman–Crippen MR) is 147 cm³/mol. The molecule has 5 aromatic heterocycles. The highest BCUT2D eigenvalue weighted by Gasteiger charge is 2.12. The summed E-state index contributed by atoms with van der Waals surface area (Å²) in [4.78, 5) is 5.36. The largest absolute Gasteiger partial charge is 0.135 e. The summed E-state index contributed by atoms with van der Waals surface area (Å²) in [5, 5.41) is 2.77. The van der Waals surface area contributed by atoms with Crippen molar-refractivity contribution in [1.82, 2.24) is 0 Å². The van der Waals surface area contributed by atoms with Crippen molar-refractivity contribution in [1.29, 1.82) is 0 Å². The summed E-state index contributed by atoms with van der Waals surface area (Å²) in [6.45, 7) is 0. The molecule has 0 fully saturated rings. The van der Waals surface area contributed by atoms with Crippen molar-refractivity contribution in [3.8, 4) is 9.75 Å². The molecule has 0 radical (unpaired) electrons. The van der Waals surface area contributed by atoms with Crippen LogP contribution in [-0.4, -0.2) is 0 Å². The van der Waals surface area contributed by atoms with Crippen molar-refractivity contribution in [2.24, 2.45) is 0 Å². The number of hydrogen-bond donors (Lipinski definition) is 0. The van der Waals surface area contributed by atoms with Crippen LogP contribution in [-0.2, 0) is 0 Å². The monoisotopic (exact) mass is 486 g/mol. The van der Waals surface area contributed by atoms with Gasteiger partial charge in [-0.15, -0.1) is 56.7 Å². The van der Waals surface area contributed by atoms with Gasteiger partial charge in [0.15, 0.2) is 0 Å². The van der Waals surface area contributed by atoms with Gasteiger partial charge in [-0.05, 0) is 48.6 Å². The second-order valence-corrected chi connectivity index (χ2v) is 12.8. The van der Waals surface area contributed by atoms with Crippen molar-refractivity contribution in [3.63, 3.8) is 0 Å². The average molecular weight is 487 g/mol. The Kier molecular flexibility index (Phi) is 4.20. The lowest BCUT2D eigenvalue weighted by Crippen LogP contribution is -1.60. The maximum atomic E-state index is 2.36. The van der Waals surface area contributed by atoms with Crippen LogP contribution in [0.3, 0.4) is 0 Å². The van der Waals surface area contributed by atoms with Gasteiger partial charge in [-0.25, -0.2) is 0 Å². The first-order chi connectivity index (χ1) is 15.3. The van der Waals surface area contributed by atoms with Crippen LogP contribution in [0.15, 0.2) is 72.8 Å². The third-order valence-corrected chi connectivity index (χ3v) is 11.4. The molecule has 0 aliphatic rings. The molecule has 7 rings (SSSR count). The van der Waals surface area contributed by atoms with Gasteiger partial charge in [-0.2, -0.15) is 0 Å². The van der Waals surface area contributed by atoms with Gasteiger partial charge in [0.05, 0.1) is 9.40 Å². The zero-order chi connectivity index (χ0) is 20.4. The molecule has 31 heavy (non-hydrogen) atoms. The zero-order valence-electron chi connectivity index (χ0n) is 16.1. The van der Waals surface area contributed by atoms with Gasteiger partial charge < -0.3 is 0 Å². The fourth-order valence-electron chi connectivity index (χ4n) is 3.96. The lowest BCUT2D eigenvalue weighted by Gasteiger charge is -1.90. The quantitative estimate of drug-likeness (QED) is 0.233. The van der Waals surface area contributed by atoms with Crippen LogP contribution in [0.2, 0.25) is 0 Å². The summed E-state index contributed by atoms with van der Waals surface area (Å²) >= 11 is 9.48. The molecule has 7 aromatic rings. The first-order valence-corrected chi connectivity index (χ1v) is 14.0. The van der Waals surface area contributed by atoms with Gasteiger partial charge in [0.25, 0.3) is 0 Å². The van der Waals surface area contributed by atoms with Crippen LogP contribution in [0, 0.1) is 0 Å². The Morgan fingerprint density at radius 3 is 1.87 bits per heavy atom. The normalized spacial score (nSPS) is 12.4. The van der Waals surface area contributed by atoms with Gasteiger partial charge in [-0.3, -0.25) is 0 Å². The highest BCUT2D eigenvalue weighted by Crippen LogP contribution is 2.44. The molecule has 5 heteroatoms. The van der Waals surface area contributed by atoms with E-state index < -0.39 is 0 Å². The van der Waals surface area contributed by atoms with Gasteiger partial charge in [0, 0.05) is 49.1 Å². The fourth-order valence-corrected chi connectivity index (χ4v) is 9.91. The maximum absolute atomic E-state index is 2.36. The van der Waals surface area contributed by atoms with Crippen molar-refractivity contribution < 1.29 is 0 Å². The molecule has 0 N–H and O–H groups in total. The van der Waals surface area contributed by atoms with Crippen molar-refractivity contribution in [2.45, 2.75) is 0 Å². The number of benzene rings is 2. The van der Waals surface area contributed by atoms with Gasteiger partial charge in [0.1, 0.15) is 0 Å². The van der Waals surface area contributed by atoms with Gasteiger partial charge in [0.2, 0.25) is 0 Å². The summed E-state index contributed by atoms with van der Waals surface area (Å²) in [5.74, 6) is 0. The van der Waals surface area contributed by atoms with Crippen molar-refractivity contribution >= 4 is 108 Å². The van der Waals surface area contributed by atoms with E-state index in [2.05, 4.69) is 84.9 Å². The fraction of sp³-hybridized carbons (Fsp3) is 0. The predicted octanol–water partition coefficient (Wildman–Crippen LogP) is 10.4. The molecule has 0 spiro atoms. The SMILES string of the molecule is C(=Cc1cc2sc3ccccc3c2s1)c1ccc(-c2cc3sc4ccccc4c3s2)s1. The van der Waals surface area contributed by atoms with Crippen LogP contribution in [0.1, 0.15) is 9.75 Å². The summed E-state index contributed by atoms with van der Waals surface area (Å²) in [6.07, 6.45) is 4.53. The van der Waals surface area contributed by atoms with Crippen molar-refractivity contribution in [2.75, 3.05) is 0 Å². The van der Waals surface area contributed by atoms with E-state index in [0.29, 0.717) is 0 Å². The topological polar surface area (TPSA) is 0 Å². The Balaban J connectivity index is 1.20. The number of rotatable bonds is 3. The summed E-state index contributed by atoms with van der Waals surface area (Å²) < 4.78 is 8.39. The lowest BCUT2D eigenvalue weighted by molar-refractivity contribution is 1.87. The molecule has 148 valence electrons. The molecule has 2 aromatic carbocycles. The average Bonchev–Trinajstić information content (AvgIpc) is 3.56. The molecular weight excluding hydrogens is 473 g/mol. The van der Waals surface area contributed by atoms with Crippen molar-refractivity contribution in [3.05, 3.63) is 82.6 Å². The van der Waals surface area contributed by atoms with E-state index in [4.69, 9.17) is 0 Å². The molecular formula is C26H14S5. The van der Waals surface area contributed by atoms with Crippen LogP contribution < -0.4 is 0 Å². The third-order valence-electron chi connectivity index (χ3n) is 5.40. The maximum Gasteiger partial charge on any atom is 0.0536 e. The summed E-state index contributed by atoms with van der Waals surface area (Å²) in [5.41, 5.74) is 0. The van der Waals surface area contributed by atoms with E-state index in [1.54, 1.807) is 0 Å². The second kappa shape index (κ2) is 7.12. The molecule has 0 atom stereocenters. The molecule has 0 nitrogen and oxygen atoms in total. The standard InChI is InChI=1S/C26H14S5/c1-3-7-19-17(5-1)25-23(29-19)13-16(28-25)10-9-15-11-12-21(27-15)22-14-24-26(31-22)18-6-2-4-8-20(18)30-24/h1-14H. The van der Waals surface area contributed by atoms with E-state index in [1.807, 2.05) is 56.7 Å². The van der Waals surface area contributed by atoms with Crippen LogP contribution >= 0.6 is 56.7 Å². The van der Waals surface area contributed by atoms with E-state index in [0.717, 1.165) is 0 Å². The number of hydrogen-bond acceptors (Lipinski definition) is 5. The molecule has 0 saturated heterocycles. The first kappa shape index (κ1) is 18.3. The van der Waals surface area contributed by atoms with Gasteiger partial charge in [-0.1, -0.05) is 36.4 Å².